The van der Waals surface area contributed by atoms with Crippen LogP contribution in [-0.2, 0) is 0 Å². The molecule has 0 fully saturated rings. The van der Waals surface area contributed by atoms with Crippen molar-refractivity contribution in [1.82, 2.24) is 4.98 Å². The van der Waals surface area contributed by atoms with Crippen LogP contribution in [0.3, 0.4) is 0 Å². The monoisotopic (exact) mass is 359 g/mol. The minimum absolute atomic E-state index is 1.05. The minimum atomic E-state index is -1.46. The average Bonchev–Trinajstić information content (AvgIpc) is 2.88. The molecule has 0 atom stereocenters. The highest BCUT2D eigenvalue weighted by molar-refractivity contribution is 6.84. The molecule has 0 bridgehead atoms. The van der Waals surface area contributed by atoms with E-state index in [4.69, 9.17) is 0 Å². The first-order valence-electron chi connectivity index (χ1n) is 8.74. The molecule has 0 spiro atoms. The zero-order chi connectivity index (χ0) is 18.2. The van der Waals surface area contributed by atoms with Gasteiger partial charge >= 0.3 is 0 Å². The maximum Gasteiger partial charge on any atom is 0.129 e. The van der Waals surface area contributed by atoms with Crippen molar-refractivity contribution in [3.8, 4) is 22.9 Å². The predicted octanol–water partition coefficient (Wildman–Crippen LogP) is 5.78. The molecule has 0 aliphatic carbocycles. The first-order chi connectivity index (χ1) is 11.6. The van der Waals surface area contributed by atoms with Gasteiger partial charge in [0.15, 0.2) is 0 Å². The summed E-state index contributed by atoms with van der Waals surface area (Å²) in [6.45, 7) is 13.6. The molecule has 0 amide bonds. The van der Waals surface area contributed by atoms with Crippen molar-refractivity contribution in [3.05, 3.63) is 47.5 Å². The summed E-state index contributed by atoms with van der Waals surface area (Å²) in [4.78, 5) is 3.58. The van der Waals surface area contributed by atoms with E-state index in [2.05, 4.69) is 104 Å². The quantitative estimate of drug-likeness (QED) is 0.387. The highest BCUT2D eigenvalue weighted by Crippen LogP contribution is 2.29. The number of aromatic amines is 1. The van der Waals surface area contributed by atoms with Gasteiger partial charge in [-0.2, -0.15) is 0 Å². The molecule has 1 heterocycles. The Labute approximate surface area is 152 Å². The van der Waals surface area contributed by atoms with Crippen molar-refractivity contribution >= 4 is 38.0 Å². The van der Waals surface area contributed by atoms with Crippen molar-refractivity contribution in [1.29, 1.82) is 0 Å². The molecule has 1 aromatic heterocycles. The predicted molar refractivity (Wildman–Crippen MR) is 116 cm³/mol. The van der Waals surface area contributed by atoms with Gasteiger partial charge in [-0.3, -0.25) is 0 Å². The molecule has 0 saturated heterocycles. The molecule has 2 aromatic carbocycles. The smallest absolute Gasteiger partial charge is 0.129 e. The maximum atomic E-state index is 3.58. The number of hydrogen-bond donors (Lipinski definition) is 1. The van der Waals surface area contributed by atoms with Crippen LogP contribution in [0.2, 0.25) is 39.3 Å². The van der Waals surface area contributed by atoms with Crippen molar-refractivity contribution in [2.75, 3.05) is 0 Å². The number of fused-ring (bicyclic) bond motifs is 3. The molecule has 1 nitrogen and oxygen atoms in total. The Morgan fingerprint density at radius 1 is 0.720 bits per heavy atom. The summed E-state index contributed by atoms with van der Waals surface area (Å²) >= 11 is 0. The molecule has 25 heavy (non-hydrogen) atoms. The maximum absolute atomic E-state index is 3.58. The zero-order valence-corrected chi connectivity index (χ0v) is 18.0. The molecule has 3 rings (SSSR count). The molecule has 126 valence electrons. The Kier molecular flexibility index (Phi) is 4.41. The molecule has 1 N–H and O–H groups in total. The molecule has 0 saturated carbocycles. The van der Waals surface area contributed by atoms with E-state index in [1.807, 2.05) is 0 Å². The number of benzene rings is 2. The topological polar surface area (TPSA) is 15.8 Å². The van der Waals surface area contributed by atoms with Crippen molar-refractivity contribution in [3.63, 3.8) is 0 Å². The standard InChI is InChI=1S/C22H25NSi2/c1-24(2,3)15-13-17-11-12-20-19-9-7-8-10-21(19)23-22(20)18(17)14-16-25(4,5)6/h7-12,23H,1-6H3. The molecular formula is C22H25NSi2. The van der Waals surface area contributed by atoms with Gasteiger partial charge < -0.3 is 4.98 Å². The van der Waals surface area contributed by atoms with Crippen LogP contribution in [0.25, 0.3) is 21.8 Å². The fraction of sp³-hybridized carbons (Fsp3) is 0.273. The molecule has 0 radical (unpaired) electrons. The highest BCUT2D eigenvalue weighted by Gasteiger charge is 2.13. The lowest BCUT2D eigenvalue weighted by Crippen LogP contribution is -2.17. The second-order valence-corrected chi connectivity index (χ2v) is 18.1. The number of para-hydroxylation sites is 1. The molecule has 0 aliphatic heterocycles. The van der Waals surface area contributed by atoms with E-state index in [1.54, 1.807) is 0 Å². The van der Waals surface area contributed by atoms with Gasteiger partial charge in [0.25, 0.3) is 0 Å². The van der Waals surface area contributed by atoms with Crippen molar-refractivity contribution in [2.24, 2.45) is 0 Å². The van der Waals surface area contributed by atoms with E-state index in [0.717, 1.165) is 22.2 Å². The summed E-state index contributed by atoms with van der Waals surface area (Å²) in [5.41, 5.74) is 11.4. The van der Waals surface area contributed by atoms with E-state index in [-0.39, 0.29) is 0 Å². The van der Waals surface area contributed by atoms with E-state index >= 15 is 0 Å². The van der Waals surface area contributed by atoms with Gasteiger partial charge in [0.05, 0.1) is 11.1 Å². The molecule has 0 aliphatic rings. The van der Waals surface area contributed by atoms with Crippen LogP contribution in [0.1, 0.15) is 11.1 Å². The van der Waals surface area contributed by atoms with Crippen LogP contribution < -0.4 is 0 Å². The van der Waals surface area contributed by atoms with Gasteiger partial charge in [0.2, 0.25) is 0 Å². The SMILES string of the molecule is C[Si](C)(C)C#Cc1ccc2c([nH]c3ccccc32)c1C#C[Si](C)(C)C. The normalized spacial score (nSPS) is 11.8. The fourth-order valence-electron chi connectivity index (χ4n) is 2.66. The zero-order valence-electron chi connectivity index (χ0n) is 16.0. The third kappa shape index (κ3) is 4.07. The summed E-state index contributed by atoms with van der Waals surface area (Å²) in [7, 11) is -2.90. The largest absolute Gasteiger partial charge is 0.353 e. The van der Waals surface area contributed by atoms with Crippen LogP contribution in [0.5, 0.6) is 0 Å². The van der Waals surface area contributed by atoms with E-state index in [1.165, 1.54) is 10.8 Å². The molecule has 3 aromatic rings. The first kappa shape index (κ1) is 17.6. The van der Waals surface area contributed by atoms with Gasteiger partial charge in [-0.15, -0.1) is 11.1 Å². The summed E-state index contributed by atoms with van der Waals surface area (Å²) in [5.74, 6) is 6.92. The second kappa shape index (κ2) is 6.26. The van der Waals surface area contributed by atoms with Gasteiger partial charge in [0, 0.05) is 21.9 Å². The summed E-state index contributed by atoms with van der Waals surface area (Å²) in [6.07, 6.45) is 0. The molecule has 0 unspecified atom stereocenters. The Morgan fingerprint density at radius 3 is 2.04 bits per heavy atom. The summed E-state index contributed by atoms with van der Waals surface area (Å²) < 4.78 is 0. The Morgan fingerprint density at radius 2 is 1.36 bits per heavy atom. The fourth-order valence-corrected chi connectivity index (χ4v) is 3.67. The average molecular weight is 360 g/mol. The lowest BCUT2D eigenvalue weighted by atomic mass is 10.0. The van der Waals surface area contributed by atoms with Crippen LogP contribution >= 0.6 is 0 Å². The highest BCUT2D eigenvalue weighted by atomic mass is 28.3. The summed E-state index contributed by atoms with van der Waals surface area (Å²) in [6, 6.07) is 12.8. The Bertz CT molecular complexity index is 1070. The van der Waals surface area contributed by atoms with Gasteiger partial charge in [-0.1, -0.05) is 75.4 Å². The number of H-pyrrole nitrogens is 1. The number of aromatic nitrogens is 1. The van der Waals surface area contributed by atoms with E-state index in [0.29, 0.717) is 0 Å². The first-order valence-corrected chi connectivity index (χ1v) is 15.7. The van der Waals surface area contributed by atoms with Crippen LogP contribution in [-0.4, -0.2) is 21.1 Å². The van der Waals surface area contributed by atoms with Crippen LogP contribution in [0.15, 0.2) is 36.4 Å². The van der Waals surface area contributed by atoms with Crippen LogP contribution in [0.4, 0.5) is 0 Å². The third-order valence-electron chi connectivity index (χ3n) is 3.82. The van der Waals surface area contributed by atoms with E-state index in [9.17, 15) is 0 Å². The van der Waals surface area contributed by atoms with Crippen LogP contribution in [0, 0.1) is 22.9 Å². The van der Waals surface area contributed by atoms with Crippen molar-refractivity contribution < 1.29 is 0 Å². The molecule has 3 heteroatoms. The second-order valence-electron chi connectivity index (χ2n) is 8.58. The Hall–Kier alpha value is -2.21. The lowest BCUT2D eigenvalue weighted by Gasteiger charge is -2.06. The van der Waals surface area contributed by atoms with E-state index < -0.39 is 16.1 Å². The van der Waals surface area contributed by atoms with Gasteiger partial charge in [0.1, 0.15) is 16.1 Å². The van der Waals surface area contributed by atoms with Gasteiger partial charge in [-0.05, 0) is 12.1 Å². The number of nitrogens with one attached hydrogen (secondary N) is 1. The number of rotatable bonds is 0. The van der Waals surface area contributed by atoms with Crippen molar-refractivity contribution in [2.45, 2.75) is 39.3 Å². The summed E-state index contributed by atoms with van der Waals surface area (Å²) in [5, 5.41) is 2.48. The minimum Gasteiger partial charge on any atom is -0.353 e. The Balaban J connectivity index is 2.33. The molecular weight excluding hydrogens is 334 g/mol. The number of hydrogen-bond acceptors (Lipinski definition) is 0. The lowest BCUT2D eigenvalue weighted by molar-refractivity contribution is 1.52. The van der Waals surface area contributed by atoms with Gasteiger partial charge in [-0.25, -0.2) is 0 Å². The third-order valence-corrected chi connectivity index (χ3v) is 5.57.